The Balaban J connectivity index is 1.58. The molecule has 1 aromatic carbocycles. The summed E-state index contributed by atoms with van der Waals surface area (Å²) in [4.78, 5) is 35.8. The van der Waals surface area contributed by atoms with Crippen molar-refractivity contribution < 1.29 is 24.2 Å². The number of benzene rings is 1. The van der Waals surface area contributed by atoms with Gasteiger partial charge in [0.05, 0.1) is 17.7 Å². The molecule has 27 heavy (non-hydrogen) atoms. The number of nitrogens with zero attached hydrogens (tertiary/aromatic N) is 1. The number of fused-ring (bicyclic) bond motifs is 1. The van der Waals surface area contributed by atoms with Crippen molar-refractivity contribution in [3.63, 3.8) is 0 Å². The highest BCUT2D eigenvalue weighted by Gasteiger charge is 2.25. The number of anilines is 1. The third-order valence-corrected chi connectivity index (χ3v) is 4.53. The maximum Gasteiger partial charge on any atom is 0.338 e. The minimum Gasteiger partial charge on any atom is -0.506 e. The Morgan fingerprint density at radius 1 is 1.22 bits per heavy atom. The number of hydrogen-bond donors (Lipinski definition) is 2. The third kappa shape index (κ3) is 4.19. The van der Waals surface area contributed by atoms with Crippen LogP contribution in [-0.2, 0) is 22.5 Å². The van der Waals surface area contributed by atoms with Crippen LogP contribution in [0.2, 0.25) is 0 Å². The largest absolute Gasteiger partial charge is 0.506 e. The minimum absolute atomic E-state index is 0.00957. The van der Waals surface area contributed by atoms with Crippen LogP contribution >= 0.6 is 0 Å². The van der Waals surface area contributed by atoms with Gasteiger partial charge in [-0.15, -0.1) is 0 Å². The molecule has 0 atom stereocenters. The molecule has 0 spiro atoms. The van der Waals surface area contributed by atoms with Crippen LogP contribution in [-0.4, -0.2) is 33.9 Å². The lowest BCUT2D eigenvalue weighted by Crippen LogP contribution is -2.17. The number of hydrogen-bond acceptors (Lipinski definition) is 5. The number of carbonyl (C=O) groups is 3. The maximum atomic E-state index is 12.2. The first kappa shape index (κ1) is 18.7. The molecule has 3 rings (SSSR count). The molecule has 1 aliphatic carbocycles. The summed E-state index contributed by atoms with van der Waals surface area (Å²) < 4.78 is 6.70. The van der Waals surface area contributed by atoms with E-state index in [4.69, 9.17) is 4.74 Å². The van der Waals surface area contributed by atoms with E-state index in [1.54, 1.807) is 35.8 Å². The second-order valence-corrected chi connectivity index (χ2v) is 6.40. The van der Waals surface area contributed by atoms with Crippen LogP contribution in [0.3, 0.4) is 0 Å². The van der Waals surface area contributed by atoms with Crippen LogP contribution in [0.1, 0.15) is 52.6 Å². The van der Waals surface area contributed by atoms with Gasteiger partial charge in [-0.1, -0.05) is 0 Å². The van der Waals surface area contributed by atoms with Gasteiger partial charge in [-0.3, -0.25) is 9.59 Å². The van der Waals surface area contributed by atoms with E-state index in [-0.39, 0.29) is 23.9 Å². The van der Waals surface area contributed by atoms with Crippen LogP contribution < -0.4 is 5.32 Å². The number of Topliss-reactive ketones (excluding diaryl/α,β-unsaturated/α-hetero) is 1. The summed E-state index contributed by atoms with van der Waals surface area (Å²) >= 11 is 0. The average molecular weight is 370 g/mol. The molecular weight excluding hydrogens is 348 g/mol. The average Bonchev–Trinajstić information content (AvgIpc) is 2.98. The summed E-state index contributed by atoms with van der Waals surface area (Å²) in [5.41, 5.74) is 2.21. The van der Waals surface area contributed by atoms with Gasteiger partial charge in [0.25, 0.3) is 0 Å². The highest BCUT2D eigenvalue weighted by atomic mass is 16.5. The lowest BCUT2D eigenvalue weighted by atomic mass is 9.96. The monoisotopic (exact) mass is 370 g/mol. The molecule has 0 saturated heterocycles. The van der Waals surface area contributed by atoms with E-state index < -0.39 is 5.97 Å². The van der Waals surface area contributed by atoms with Crippen LogP contribution in [0.4, 0.5) is 5.69 Å². The Labute approximate surface area is 156 Å². The first-order chi connectivity index (χ1) is 13.0. The van der Waals surface area contributed by atoms with Gasteiger partial charge in [-0.25, -0.2) is 4.79 Å². The fraction of sp³-hybridized carbons (Fsp3) is 0.350. The van der Waals surface area contributed by atoms with E-state index in [0.29, 0.717) is 36.4 Å². The van der Waals surface area contributed by atoms with Gasteiger partial charge in [-0.2, -0.15) is 0 Å². The Morgan fingerprint density at radius 3 is 2.67 bits per heavy atom. The molecule has 0 unspecified atom stereocenters. The number of nitrogens with one attached hydrogen (secondary N) is 1. The molecule has 1 amide bonds. The highest BCUT2D eigenvalue weighted by Crippen LogP contribution is 2.31. The Kier molecular flexibility index (Phi) is 5.59. The molecule has 7 nitrogen and oxygen atoms in total. The Hall–Kier alpha value is -3.09. The molecule has 0 bridgehead atoms. The van der Waals surface area contributed by atoms with Gasteiger partial charge >= 0.3 is 5.97 Å². The molecule has 0 aliphatic heterocycles. The SMILES string of the molecule is CCOC(=O)c1ccc(NC(=O)CCn2cc(O)c3c2CCCC3=O)cc1. The molecule has 0 fully saturated rings. The molecule has 1 aromatic heterocycles. The number of rotatable bonds is 6. The van der Waals surface area contributed by atoms with Crippen LogP contribution in [0.5, 0.6) is 5.75 Å². The molecule has 0 saturated carbocycles. The zero-order valence-corrected chi connectivity index (χ0v) is 15.2. The van der Waals surface area contributed by atoms with Crippen molar-refractivity contribution in [1.29, 1.82) is 0 Å². The highest BCUT2D eigenvalue weighted by molar-refractivity contribution is 6.00. The summed E-state index contributed by atoms with van der Waals surface area (Å²) in [5.74, 6) is -0.645. The van der Waals surface area contributed by atoms with Crippen molar-refractivity contribution >= 4 is 23.3 Å². The van der Waals surface area contributed by atoms with E-state index in [1.165, 1.54) is 6.20 Å². The molecule has 1 heterocycles. The summed E-state index contributed by atoms with van der Waals surface area (Å²) in [6, 6.07) is 6.48. The predicted octanol–water partition coefficient (Wildman–Crippen LogP) is 2.92. The maximum absolute atomic E-state index is 12.2. The lowest BCUT2D eigenvalue weighted by molar-refractivity contribution is -0.116. The van der Waals surface area contributed by atoms with E-state index in [0.717, 1.165) is 18.5 Å². The second-order valence-electron chi connectivity index (χ2n) is 6.40. The first-order valence-electron chi connectivity index (χ1n) is 9.00. The van der Waals surface area contributed by atoms with Crippen LogP contribution in [0.15, 0.2) is 30.5 Å². The van der Waals surface area contributed by atoms with E-state index in [9.17, 15) is 19.5 Å². The fourth-order valence-corrected chi connectivity index (χ4v) is 3.24. The number of amides is 1. The first-order valence-corrected chi connectivity index (χ1v) is 9.00. The molecule has 2 aromatic rings. The molecular formula is C20H22N2O5. The van der Waals surface area contributed by atoms with Crippen LogP contribution in [0.25, 0.3) is 0 Å². The zero-order chi connectivity index (χ0) is 19.4. The zero-order valence-electron chi connectivity index (χ0n) is 15.2. The van der Waals surface area contributed by atoms with Gasteiger partial charge < -0.3 is 19.7 Å². The van der Waals surface area contributed by atoms with Crippen molar-refractivity contribution in [3.05, 3.63) is 47.3 Å². The number of aromatic nitrogens is 1. The number of carbonyl (C=O) groups excluding carboxylic acids is 3. The lowest BCUT2D eigenvalue weighted by Gasteiger charge is -2.14. The van der Waals surface area contributed by atoms with Gasteiger partial charge in [-0.05, 0) is 44.0 Å². The van der Waals surface area contributed by atoms with E-state index in [2.05, 4.69) is 5.32 Å². The number of aromatic hydroxyl groups is 1. The van der Waals surface area contributed by atoms with Gasteiger partial charge in [0.2, 0.25) is 5.91 Å². The number of aryl methyl sites for hydroxylation is 1. The third-order valence-electron chi connectivity index (χ3n) is 4.53. The van der Waals surface area contributed by atoms with Crippen molar-refractivity contribution in [2.75, 3.05) is 11.9 Å². The number of ether oxygens (including phenoxy) is 1. The van der Waals surface area contributed by atoms with Crippen molar-refractivity contribution in [1.82, 2.24) is 4.57 Å². The summed E-state index contributed by atoms with van der Waals surface area (Å²) in [7, 11) is 0. The molecule has 0 radical (unpaired) electrons. The van der Waals surface area contributed by atoms with Crippen molar-refractivity contribution in [2.24, 2.45) is 0 Å². The number of ketones is 1. The Bertz CT molecular complexity index is 867. The number of esters is 1. The Morgan fingerprint density at radius 2 is 1.96 bits per heavy atom. The standard InChI is InChI=1S/C20H22N2O5/c1-2-27-20(26)13-6-8-14(9-7-13)21-18(25)10-11-22-12-17(24)19-15(22)4-3-5-16(19)23/h6-9,12,24H,2-5,10-11H2,1H3,(H,21,25). The van der Waals surface area contributed by atoms with Gasteiger partial charge in [0.1, 0.15) is 5.75 Å². The quantitative estimate of drug-likeness (QED) is 0.762. The predicted molar refractivity (Wildman–Crippen MR) is 99.0 cm³/mol. The van der Waals surface area contributed by atoms with E-state index in [1.807, 2.05) is 0 Å². The van der Waals surface area contributed by atoms with E-state index >= 15 is 0 Å². The van der Waals surface area contributed by atoms with Gasteiger partial charge in [0.15, 0.2) is 5.78 Å². The molecule has 142 valence electrons. The van der Waals surface area contributed by atoms with Crippen molar-refractivity contribution in [2.45, 2.75) is 39.2 Å². The van der Waals surface area contributed by atoms with Crippen LogP contribution in [0, 0.1) is 0 Å². The molecule has 1 aliphatic rings. The smallest absolute Gasteiger partial charge is 0.338 e. The summed E-state index contributed by atoms with van der Waals surface area (Å²) in [6.45, 7) is 2.43. The molecule has 2 N–H and O–H groups in total. The van der Waals surface area contributed by atoms with Crippen molar-refractivity contribution in [3.8, 4) is 5.75 Å². The minimum atomic E-state index is -0.401. The second kappa shape index (κ2) is 8.07. The van der Waals surface area contributed by atoms with Gasteiger partial charge in [0, 0.05) is 37.0 Å². The topological polar surface area (TPSA) is 97.6 Å². The molecule has 7 heteroatoms. The fourth-order valence-electron chi connectivity index (χ4n) is 3.24. The summed E-state index contributed by atoms with van der Waals surface area (Å²) in [5, 5.41) is 12.7. The normalized spacial score (nSPS) is 13.1. The summed E-state index contributed by atoms with van der Waals surface area (Å²) in [6.07, 6.45) is 3.66.